The van der Waals surface area contributed by atoms with Crippen molar-refractivity contribution in [3.05, 3.63) is 30.5 Å². The molecule has 1 aliphatic rings. The number of carbonyl (C=O) groups is 1. The van der Waals surface area contributed by atoms with Gasteiger partial charge in [-0.3, -0.25) is 4.68 Å². The highest BCUT2D eigenvalue weighted by Crippen LogP contribution is 2.23. The summed E-state index contributed by atoms with van der Waals surface area (Å²) in [5.41, 5.74) is 7.89. The van der Waals surface area contributed by atoms with E-state index in [2.05, 4.69) is 10.3 Å². The quantitative estimate of drug-likeness (QED) is 0.831. The van der Waals surface area contributed by atoms with Gasteiger partial charge in [0.05, 0.1) is 6.20 Å². The number of hydrogen-bond donors (Lipinski definition) is 1. The molecule has 2 heterocycles. The number of anilines is 1. The number of rotatable bonds is 4. The average molecular weight is 371 g/mol. The van der Waals surface area contributed by atoms with Crippen molar-refractivity contribution < 1.29 is 9.53 Å². The van der Waals surface area contributed by atoms with Crippen LogP contribution in [0.25, 0.3) is 11.3 Å². The summed E-state index contributed by atoms with van der Waals surface area (Å²) >= 11 is 0. The smallest absolute Gasteiger partial charge is 0.410 e. The third-order valence-corrected chi connectivity index (χ3v) is 4.78. The molecule has 1 aromatic heterocycles. The number of nitrogen functional groups attached to an aromatic ring is 1. The molecule has 0 saturated carbocycles. The Bertz CT molecular complexity index is 755. The van der Waals surface area contributed by atoms with Gasteiger partial charge in [0.25, 0.3) is 0 Å². The fraction of sp³-hybridized carbons (Fsp3) is 0.550. The lowest BCUT2D eigenvalue weighted by Crippen LogP contribution is -2.41. The maximum Gasteiger partial charge on any atom is 0.410 e. The second-order valence-electron chi connectivity index (χ2n) is 8.19. The summed E-state index contributed by atoms with van der Waals surface area (Å²) in [6.07, 6.45) is 4.80. The maximum atomic E-state index is 12.1. The van der Waals surface area contributed by atoms with Crippen LogP contribution in [0.1, 0.15) is 40.0 Å². The molecule has 0 bridgehead atoms. The van der Waals surface area contributed by atoms with Crippen molar-refractivity contribution in [2.45, 2.75) is 52.2 Å². The van der Waals surface area contributed by atoms with Crippen LogP contribution in [-0.2, 0) is 11.3 Å². The number of benzene rings is 1. The topological polar surface area (TPSA) is 86.3 Å². The fourth-order valence-electron chi connectivity index (χ4n) is 3.24. The lowest BCUT2D eigenvalue weighted by Gasteiger charge is -2.33. The molecule has 0 atom stereocenters. The fourth-order valence-corrected chi connectivity index (χ4v) is 3.24. The predicted octanol–water partition coefficient (Wildman–Crippen LogP) is 3.56. The standard InChI is InChI=1S/C20H29N5O2/c1-20(2,3)27-19(26)24-11-8-15(9-12-24)10-13-25-14-18(22-23-25)16-4-6-17(21)7-5-16/h4-7,14-15H,8-13,21H2,1-3H3. The van der Waals surface area contributed by atoms with E-state index in [-0.39, 0.29) is 6.09 Å². The molecule has 0 unspecified atom stereocenters. The molecule has 1 fully saturated rings. The van der Waals surface area contributed by atoms with Gasteiger partial charge in [0.15, 0.2) is 0 Å². The van der Waals surface area contributed by atoms with Gasteiger partial charge in [0.2, 0.25) is 0 Å². The van der Waals surface area contributed by atoms with Crippen molar-refractivity contribution >= 4 is 11.8 Å². The molecule has 146 valence electrons. The summed E-state index contributed by atoms with van der Waals surface area (Å²) < 4.78 is 7.35. The Hall–Kier alpha value is -2.57. The van der Waals surface area contributed by atoms with Crippen LogP contribution in [0.4, 0.5) is 10.5 Å². The second kappa shape index (κ2) is 7.98. The van der Waals surface area contributed by atoms with E-state index in [1.54, 1.807) is 0 Å². The molecule has 0 radical (unpaired) electrons. The number of aromatic nitrogens is 3. The Kier molecular flexibility index (Phi) is 5.68. The molecule has 2 N–H and O–H groups in total. The van der Waals surface area contributed by atoms with Crippen LogP contribution < -0.4 is 5.73 Å². The minimum Gasteiger partial charge on any atom is -0.444 e. The minimum absolute atomic E-state index is 0.203. The Labute approximate surface area is 160 Å². The van der Waals surface area contributed by atoms with Crippen molar-refractivity contribution in [2.75, 3.05) is 18.8 Å². The van der Waals surface area contributed by atoms with Gasteiger partial charge < -0.3 is 15.4 Å². The molecular formula is C20H29N5O2. The molecule has 27 heavy (non-hydrogen) atoms. The van der Waals surface area contributed by atoms with Crippen LogP contribution >= 0.6 is 0 Å². The molecule has 2 aromatic rings. The monoisotopic (exact) mass is 371 g/mol. The molecule has 7 heteroatoms. The van der Waals surface area contributed by atoms with E-state index in [9.17, 15) is 4.79 Å². The lowest BCUT2D eigenvalue weighted by atomic mass is 9.94. The zero-order valence-electron chi connectivity index (χ0n) is 16.4. The van der Waals surface area contributed by atoms with E-state index in [0.717, 1.165) is 55.8 Å². The minimum atomic E-state index is -0.441. The van der Waals surface area contributed by atoms with Crippen LogP contribution in [0.15, 0.2) is 30.5 Å². The van der Waals surface area contributed by atoms with Crippen molar-refractivity contribution in [3.8, 4) is 11.3 Å². The first-order chi connectivity index (χ1) is 12.8. The zero-order valence-corrected chi connectivity index (χ0v) is 16.4. The summed E-state index contributed by atoms with van der Waals surface area (Å²) in [4.78, 5) is 13.9. The summed E-state index contributed by atoms with van der Waals surface area (Å²) in [5, 5.41) is 8.49. The molecule has 0 spiro atoms. The molecule has 0 aliphatic carbocycles. The first-order valence-corrected chi connectivity index (χ1v) is 9.54. The van der Waals surface area contributed by atoms with Crippen LogP contribution in [0.2, 0.25) is 0 Å². The molecule has 1 aliphatic heterocycles. The van der Waals surface area contributed by atoms with Crippen molar-refractivity contribution in [1.82, 2.24) is 19.9 Å². The van der Waals surface area contributed by atoms with E-state index in [1.807, 2.05) is 60.8 Å². The Morgan fingerprint density at radius 3 is 2.52 bits per heavy atom. The summed E-state index contributed by atoms with van der Waals surface area (Å²) in [7, 11) is 0. The SMILES string of the molecule is CC(C)(C)OC(=O)N1CCC(CCn2cc(-c3ccc(N)cc3)nn2)CC1. The van der Waals surface area contributed by atoms with Crippen LogP contribution in [0.5, 0.6) is 0 Å². The maximum absolute atomic E-state index is 12.1. The first-order valence-electron chi connectivity index (χ1n) is 9.54. The number of likely N-dealkylation sites (tertiary alicyclic amines) is 1. The van der Waals surface area contributed by atoms with Crippen LogP contribution in [-0.4, -0.2) is 44.7 Å². The van der Waals surface area contributed by atoms with E-state index in [1.165, 1.54) is 0 Å². The van der Waals surface area contributed by atoms with E-state index in [0.29, 0.717) is 5.92 Å². The number of piperidine rings is 1. The molecule has 1 aromatic carbocycles. The predicted molar refractivity (Wildman–Crippen MR) is 105 cm³/mol. The van der Waals surface area contributed by atoms with E-state index >= 15 is 0 Å². The van der Waals surface area contributed by atoms with Gasteiger partial charge in [-0.05, 0) is 58.1 Å². The third kappa shape index (κ3) is 5.45. The Morgan fingerprint density at radius 1 is 1.22 bits per heavy atom. The zero-order chi connectivity index (χ0) is 19.4. The van der Waals surface area contributed by atoms with E-state index in [4.69, 9.17) is 10.5 Å². The van der Waals surface area contributed by atoms with Gasteiger partial charge in [0.1, 0.15) is 11.3 Å². The van der Waals surface area contributed by atoms with Gasteiger partial charge in [-0.25, -0.2) is 4.79 Å². The highest BCUT2D eigenvalue weighted by atomic mass is 16.6. The largest absolute Gasteiger partial charge is 0.444 e. The normalized spacial score (nSPS) is 15.7. The average Bonchev–Trinajstić information content (AvgIpc) is 3.08. The summed E-state index contributed by atoms with van der Waals surface area (Å²) in [6, 6.07) is 7.64. The Balaban J connectivity index is 1.45. The third-order valence-electron chi connectivity index (χ3n) is 4.78. The number of amides is 1. The van der Waals surface area contributed by atoms with E-state index < -0.39 is 5.60 Å². The highest BCUT2D eigenvalue weighted by Gasteiger charge is 2.26. The van der Waals surface area contributed by atoms with Gasteiger partial charge >= 0.3 is 6.09 Å². The van der Waals surface area contributed by atoms with Crippen molar-refractivity contribution in [1.29, 1.82) is 0 Å². The molecule has 7 nitrogen and oxygen atoms in total. The molecule has 3 rings (SSSR count). The number of carbonyl (C=O) groups excluding carboxylic acids is 1. The number of ether oxygens (including phenoxy) is 1. The number of aryl methyl sites for hydroxylation is 1. The van der Waals surface area contributed by atoms with Crippen LogP contribution in [0, 0.1) is 5.92 Å². The first kappa shape index (κ1) is 19.2. The molecule has 1 amide bonds. The van der Waals surface area contributed by atoms with Crippen LogP contribution in [0.3, 0.4) is 0 Å². The lowest BCUT2D eigenvalue weighted by molar-refractivity contribution is 0.0179. The van der Waals surface area contributed by atoms with Gasteiger partial charge in [-0.15, -0.1) is 5.10 Å². The van der Waals surface area contributed by atoms with Gasteiger partial charge in [0, 0.05) is 30.9 Å². The van der Waals surface area contributed by atoms with Gasteiger partial charge in [-0.1, -0.05) is 17.3 Å². The van der Waals surface area contributed by atoms with Crippen molar-refractivity contribution in [2.24, 2.45) is 5.92 Å². The Morgan fingerprint density at radius 2 is 1.89 bits per heavy atom. The number of nitrogens with two attached hydrogens (primary N) is 1. The highest BCUT2D eigenvalue weighted by molar-refractivity contribution is 5.68. The number of hydrogen-bond acceptors (Lipinski definition) is 5. The summed E-state index contributed by atoms with van der Waals surface area (Å²) in [5.74, 6) is 0.591. The van der Waals surface area contributed by atoms with Gasteiger partial charge in [-0.2, -0.15) is 0 Å². The molecular weight excluding hydrogens is 342 g/mol. The second-order valence-corrected chi connectivity index (χ2v) is 8.19. The summed E-state index contributed by atoms with van der Waals surface area (Å²) in [6.45, 7) is 8.04. The molecule has 1 saturated heterocycles. The van der Waals surface area contributed by atoms with Crippen molar-refractivity contribution in [3.63, 3.8) is 0 Å². The number of nitrogens with zero attached hydrogens (tertiary/aromatic N) is 4.